The third kappa shape index (κ3) is 3.02. The zero-order valence-corrected chi connectivity index (χ0v) is 7.71. The van der Waals surface area contributed by atoms with Crippen LogP contribution in [0.2, 0.25) is 0 Å². The van der Waals surface area contributed by atoms with E-state index in [9.17, 15) is 9.59 Å². The first-order valence-electron chi connectivity index (χ1n) is 4.40. The number of hydrogen-bond donors (Lipinski definition) is 1. The molecular weight excluding hydrogens is 172 g/mol. The number of hydrogen-bond acceptors (Lipinski definition) is 3. The molecule has 0 atom stereocenters. The molecule has 0 saturated carbocycles. The van der Waals surface area contributed by atoms with Crippen molar-refractivity contribution in [3.05, 3.63) is 0 Å². The summed E-state index contributed by atoms with van der Waals surface area (Å²) >= 11 is 0. The molecule has 5 heteroatoms. The van der Waals surface area contributed by atoms with Gasteiger partial charge in [0.15, 0.2) is 0 Å². The summed E-state index contributed by atoms with van der Waals surface area (Å²) in [6.07, 6.45) is 0.387. The van der Waals surface area contributed by atoms with Gasteiger partial charge in [-0.05, 0) is 6.92 Å². The van der Waals surface area contributed by atoms with Gasteiger partial charge in [0.2, 0.25) is 5.91 Å². The Balaban J connectivity index is 2.26. The molecule has 0 bridgehead atoms. The van der Waals surface area contributed by atoms with Gasteiger partial charge in [0.1, 0.15) is 0 Å². The number of carbonyl (C=O) groups excluding carboxylic acids is 2. The Hall–Kier alpha value is -1.10. The molecule has 0 aliphatic carbocycles. The minimum absolute atomic E-state index is 0.197. The lowest BCUT2D eigenvalue weighted by molar-refractivity contribution is -0.121. The van der Waals surface area contributed by atoms with Crippen LogP contribution in [0.4, 0.5) is 4.79 Å². The predicted molar refractivity (Wildman–Crippen MR) is 46.2 cm³/mol. The van der Waals surface area contributed by atoms with Crippen molar-refractivity contribution >= 4 is 11.9 Å². The van der Waals surface area contributed by atoms with Crippen molar-refractivity contribution < 1.29 is 14.3 Å². The molecule has 1 rings (SSSR count). The van der Waals surface area contributed by atoms with Crippen LogP contribution in [0.25, 0.3) is 0 Å². The molecule has 1 aliphatic rings. The van der Waals surface area contributed by atoms with Gasteiger partial charge in [-0.2, -0.15) is 0 Å². The normalized spacial score (nSPS) is 17.5. The van der Waals surface area contributed by atoms with Crippen LogP contribution in [0.3, 0.4) is 0 Å². The van der Waals surface area contributed by atoms with Gasteiger partial charge in [-0.3, -0.25) is 10.1 Å². The highest BCUT2D eigenvalue weighted by molar-refractivity contribution is 5.96. The highest BCUT2D eigenvalue weighted by Gasteiger charge is 2.21. The fraction of sp³-hybridized carbons (Fsp3) is 0.750. The number of amides is 3. The molecule has 1 aliphatic heterocycles. The highest BCUT2D eigenvalue weighted by Crippen LogP contribution is 1.99. The van der Waals surface area contributed by atoms with Crippen LogP contribution in [0.5, 0.6) is 0 Å². The van der Waals surface area contributed by atoms with Gasteiger partial charge in [0.05, 0.1) is 6.61 Å². The summed E-state index contributed by atoms with van der Waals surface area (Å²) in [6.45, 7) is 4.12. The second kappa shape index (κ2) is 4.81. The fourth-order valence-electron chi connectivity index (χ4n) is 1.13. The molecule has 1 fully saturated rings. The highest BCUT2D eigenvalue weighted by atomic mass is 16.5. The van der Waals surface area contributed by atoms with E-state index in [1.54, 1.807) is 4.90 Å². The van der Waals surface area contributed by atoms with Gasteiger partial charge < -0.3 is 9.64 Å². The second-order valence-electron chi connectivity index (χ2n) is 2.79. The lowest BCUT2D eigenvalue weighted by atomic mass is 10.3. The molecule has 0 radical (unpaired) electrons. The van der Waals surface area contributed by atoms with Crippen molar-refractivity contribution in [2.45, 2.75) is 13.3 Å². The fourth-order valence-corrected chi connectivity index (χ4v) is 1.13. The summed E-state index contributed by atoms with van der Waals surface area (Å²) in [5.41, 5.74) is 0. The largest absolute Gasteiger partial charge is 0.380 e. The van der Waals surface area contributed by atoms with E-state index in [0.29, 0.717) is 32.7 Å². The molecule has 0 aromatic carbocycles. The molecule has 1 saturated heterocycles. The van der Waals surface area contributed by atoms with Gasteiger partial charge in [-0.25, -0.2) is 4.79 Å². The molecular formula is C8H14N2O3. The number of rotatable bonds is 4. The van der Waals surface area contributed by atoms with Crippen LogP contribution in [0, 0.1) is 0 Å². The number of urea groups is 1. The lowest BCUT2D eigenvalue weighted by Gasteiger charge is -2.26. The first-order valence-corrected chi connectivity index (χ1v) is 4.40. The van der Waals surface area contributed by atoms with Crippen LogP contribution >= 0.6 is 0 Å². The Morgan fingerprint density at radius 1 is 1.54 bits per heavy atom. The van der Waals surface area contributed by atoms with Crippen molar-refractivity contribution in [3.8, 4) is 0 Å². The van der Waals surface area contributed by atoms with E-state index in [0.717, 1.165) is 0 Å². The van der Waals surface area contributed by atoms with Crippen molar-refractivity contribution in [1.82, 2.24) is 10.2 Å². The molecule has 1 N–H and O–H groups in total. The van der Waals surface area contributed by atoms with Gasteiger partial charge in [-0.15, -0.1) is 0 Å². The third-order valence-electron chi connectivity index (χ3n) is 1.85. The minimum Gasteiger partial charge on any atom is -0.380 e. The van der Waals surface area contributed by atoms with E-state index in [2.05, 4.69) is 5.32 Å². The second-order valence-corrected chi connectivity index (χ2v) is 2.79. The molecule has 3 amide bonds. The third-order valence-corrected chi connectivity index (χ3v) is 1.85. The van der Waals surface area contributed by atoms with Crippen molar-refractivity contribution in [3.63, 3.8) is 0 Å². The maximum absolute atomic E-state index is 11.1. The minimum atomic E-state index is -0.309. The maximum atomic E-state index is 11.1. The van der Waals surface area contributed by atoms with Crippen molar-refractivity contribution in [2.24, 2.45) is 0 Å². The molecule has 74 valence electrons. The molecule has 13 heavy (non-hydrogen) atoms. The molecule has 5 nitrogen and oxygen atoms in total. The van der Waals surface area contributed by atoms with Crippen LogP contribution in [0.1, 0.15) is 13.3 Å². The summed E-state index contributed by atoms with van der Waals surface area (Å²) in [5.74, 6) is -0.197. The summed E-state index contributed by atoms with van der Waals surface area (Å²) in [4.78, 5) is 23.5. The van der Waals surface area contributed by atoms with Crippen LogP contribution in [0.15, 0.2) is 0 Å². The quantitative estimate of drug-likeness (QED) is 0.627. The monoisotopic (exact) mass is 186 g/mol. The smallest absolute Gasteiger partial charge is 0.324 e. The standard InChI is InChI=1S/C8H14N2O3/c1-2-13-6-5-10-4-3-7(11)9-8(10)12/h2-6H2,1H3,(H,9,11,12). The topological polar surface area (TPSA) is 58.6 Å². The first kappa shape index (κ1) is 9.98. The first-order chi connectivity index (χ1) is 6.24. The average Bonchev–Trinajstić information content (AvgIpc) is 2.09. The van der Waals surface area contributed by atoms with Gasteiger partial charge in [-0.1, -0.05) is 0 Å². The molecule has 1 heterocycles. The summed E-state index contributed by atoms with van der Waals surface area (Å²) < 4.78 is 5.10. The predicted octanol–water partition coefficient (Wildman–Crippen LogP) is -0.0352. The van der Waals surface area contributed by atoms with E-state index in [1.165, 1.54) is 0 Å². The van der Waals surface area contributed by atoms with Crippen molar-refractivity contribution in [2.75, 3.05) is 26.3 Å². The van der Waals surface area contributed by atoms with Crippen LogP contribution in [-0.2, 0) is 9.53 Å². The average molecular weight is 186 g/mol. The van der Waals surface area contributed by atoms with E-state index in [-0.39, 0.29) is 11.9 Å². The van der Waals surface area contributed by atoms with E-state index < -0.39 is 0 Å². The molecule has 0 spiro atoms. The zero-order chi connectivity index (χ0) is 9.68. The molecule has 0 aromatic heterocycles. The Morgan fingerprint density at radius 3 is 2.92 bits per heavy atom. The zero-order valence-electron chi connectivity index (χ0n) is 7.71. The van der Waals surface area contributed by atoms with Crippen molar-refractivity contribution in [1.29, 1.82) is 0 Å². The van der Waals surface area contributed by atoms with Crippen LogP contribution in [-0.4, -0.2) is 43.1 Å². The summed E-state index contributed by atoms with van der Waals surface area (Å²) in [7, 11) is 0. The van der Waals surface area contributed by atoms with E-state index >= 15 is 0 Å². The Kier molecular flexibility index (Phi) is 3.70. The van der Waals surface area contributed by atoms with Gasteiger partial charge >= 0.3 is 6.03 Å². The Morgan fingerprint density at radius 2 is 2.31 bits per heavy atom. The van der Waals surface area contributed by atoms with Crippen LogP contribution < -0.4 is 5.32 Å². The van der Waals surface area contributed by atoms with Gasteiger partial charge in [0.25, 0.3) is 0 Å². The summed E-state index contributed by atoms with van der Waals surface area (Å²) in [5, 5.41) is 2.25. The number of imide groups is 1. The van der Waals surface area contributed by atoms with Gasteiger partial charge in [0, 0.05) is 26.1 Å². The number of ether oxygens (including phenoxy) is 1. The SMILES string of the molecule is CCOCCN1CCC(=O)NC1=O. The molecule has 0 aromatic rings. The number of carbonyl (C=O) groups is 2. The number of nitrogens with one attached hydrogen (secondary N) is 1. The Labute approximate surface area is 77.0 Å². The number of nitrogens with zero attached hydrogens (tertiary/aromatic N) is 1. The molecule has 0 unspecified atom stereocenters. The maximum Gasteiger partial charge on any atom is 0.324 e. The lowest BCUT2D eigenvalue weighted by Crippen LogP contribution is -2.50. The Bertz CT molecular complexity index is 206. The van der Waals surface area contributed by atoms with E-state index in [4.69, 9.17) is 4.74 Å². The van der Waals surface area contributed by atoms with E-state index in [1.807, 2.05) is 6.92 Å². The summed E-state index contributed by atoms with van der Waals surface area (Å²) in [6, 6.07) is -0.309.